The summed E-state index contributed by atoms with van der Waals surface area (Å²) < 4.78 is 0. The molecule has 1 aromatic carbocycles. The van der Waals surface area contributed by atoms with E-state index in [9.17, 15) is 5.26 Å². The van der Waals surface area contributed by atoms with Crippen molar-refractivity contribution in [2.75, 3.05) is 7.05 Å². The van der Waals surface area contributed by atoms with Gasteiger partial charge in [-0.2, -0.15) is 5.26 Å². The molecular weight excluding hydrogens is 244 g/mol. The molecule has 1 fully saturated rings. The van der Waals surface area contributed by atoms with E-state index < -0.39 is 0 Å². The molecule has 3 atom stereocenters. The van der Waals surface area contributed by atoms with Crippen LogP contribution in [-0.4, -0.2) is 18.0 Å². The Kier molecular flexibility index (Phi) is 3.34. The predicted octanol–water partition coefficient (Wildman–Crippen LogP) is 3.86. The van der Waals surface area contributed by atoms with E-state index in [1.165, 1.54) is 42.4 Å². The number of rotatable bonds is 1. The van der Waals surface area contributed by atoms with Gasteiger partial charge in [0.1, 0.15) is 0 Å². The molecule has 0 aromatic heterocycles. The molecule has 2 heteroatoms. The monoisotopic (exact) mass is 268 g/mol. The molecule has 1 aromatic rings. The Morgan fingerprint density at radius 2 is 1.95 bits per heavy atom. The summed E-state index contributed by atoms with van der Waals surface area (Å²) in [6.07, 6.45) is 6.02. The number of likely N-dealkylation sites (tertiary alicyclic amines) is 1. The van der Waals surface area contributed by atoms with Crippen molar-refractivity contribution >= 4 is 0 Å². The Morgan fingerprint density at radius 1 is 1.25 bits per heavy atom. The SMILES string of the molecule is CC1CC(C)(C#N)C(c2ccc3c(c2)CCCC3)N1C. The van der Waals surface area contributed by atoms with Crippen LogP contribution in [-0.2, 0) is 12.8 Å². The van der Waals surface area contributed by atoms with Crippen LogP contribution >= 0.6 is 0 Å². The summed E-state index contributed by atoms with van der Waals surface area (Å²) in [6.45, 7) is 4.35. The highest BCUT2D eigenvalue weighted by atomic mass is 15.2. The van der Waals surface area contributed by atoms with E-state index in [0.717, 1.165) is 6.42 Å². The first-order valence-corrected chi connectivity index (χ1v) is 7.80. The normalized spacial score (nSPS) is 33.7. The molecule has 0 bridgehead atoms. The Bertz CT molecular complexity index is 557. The summed E-state index contributed by atoms with van der Waals surface area (Å²) in [5.74, 6) is 0. The van der Waals surface area contributed by atoms with Gasteiger partial charge in [-0.05, 0) is 69.7 Å². The molecule has 0 amide bonds. The first-order chi connectivity index (χ1) is 9.55. The van der Waals surface area contributed by atoms with Gasteiger partial charge in [-0.25, -0.2) is 0 Å². The highest BCUT2D eigenvalue weighted by Gasteiger charge is 2.47. The molecule has 0 saturated carbocycles. The number of hydrogen-bond donors (Lipinski definition) is 0. The lowest BCUT2D eigenvalue weighted by molar-refractivity contribution is 0.218. The van der Waals surface area contributed by atoms with Crippen LogP contribution in [0.1, 0.15) is 55.8 Å². The van der Waals surface area contributed by atoms with Crippen LogP contribution in [0.5, 0.6) is 0 Å². The van der Waals surface area contributed by atoms with Crippen LogP contribution in [0.15, 0.2) is 18.2 Å². The van der Waals surface area contributed by atoms with Gasteiger partial charge in [0, 0.05) is 6.04 Å². The van der Waals surface area contributed by atoms with Gasteiger partial charge in [-0.3, -0.25) is 4.90 Å². The van der Waals surface area contributed by atoms with Gasteiger partial charge in [0.2, 0.25) is 0 Å². The second-order valence-electron chi connectivity index (χ2n) is 6.89. The summed E-state index contributed by atoms with van der Waals surface area (Å²) in [5.41, 5.74) is 4.10. The summed E-state index contributed by atoms with van der Waals surface area (Å²) in [5, 5.41) is 9.65. The molecule has 106 valence electrons. The number of fused-ring (bicyclic) bond motifs is 1. The summed E-state index contributed by atoms with van der Waals surface area (Å²) >= 11 is 0. The summed E-state index contributed by atoms with van der Waals surface area (Å²) in [4.78, 5) is 2.38. The molecule has 1 aliphatic carbocycles. The molecule has 20 heavy (non-hydrogen) atoms. The van der Waals surface area contributed by atoms with E-state index in [1.807, 2.05) is 0 Å². The van der Waals surface area contributed by atoms with E-state index in [1.54, 1.807) is 0 Å². The maximum Gasteiger partial charge on any atom is 0.0757 e. The zero-order chi connectivity index (χ0) is 14.3. The van der Waals surface area contributed by atoms with Crippen molar-refractivity contribution in [1.29, 1.82) is 5.26 Å². The third-order valence-corrected chi connectivity index (χ3v) is 5.37. The standard InChI is InChI=1S/C18H24N2/c1-13-11-18(2,12-19)17(20(13)3)16-9-8-14-6-4-5-7-15(14)10-16/h8-10,13,17H,4-7,11H2,1-3H3. The van der Waals surface area contributed by atoms with Gasteiger partial charge in [0.25, 0.3) is 0 Å². The van der Waals surface area contributed by atoms with Gasteiger partial charge in [-0.1, -0.05) is 18.2 Å². The van der Waals surface area contributed by atoms with E-state index in [0.29, 0.717) is 6.04 Å². The maximum absolute atomic E-state index is 9.65. The molecular formula is C18H24N2. The molecule has 2 aliphatic rings. The van der Waals surface area contributed by atoms with Crippen LogP contribution in [0.3, 0.4) is 0 Å². The molecule has 0 spiro atoms. The zero-order valence-corrected chi connectivity index (χ0v) is 12.8. The van der Waals surface area contributed by atoms with Crippen molar-refractivity contribution in [3.63, 3.8) is 0 Å². The second-order valence-corrected chi connectivity index (χ2v) is 6.89. The van der Waals surface area contributed by atoms with Gasteiger partial charge in [0.05, 0.1) is 17.5 Å². The molecule has 2 nitrogen and oxygen atoms in total. The van der Waals surface area contributed by atoms with Gasteiger partial charge < -0.3 is 0 Å². The number of nitriles is 1. The fraction of sp³-hybridized carbons (Fsp3) is 0.611. The van der Waals surface area contributed by atoms with E-state index in [4.69, 9.17) is 0 Å². The van der Waals surface area contributed by atoms with Crippen molar-refractivity contribution in [3.05, 3.63) is 34.9 Å². The zero-order valence-electron chi connectivity index (χ0n) is 12.8. The maximum atomic E-state index is 9.65. The Balaban J connectivity index is 2.01. The van der Waals surface area contributed by atoms with Gasteiger partial charge in [0.15, 0.2) is 0 Å². The minimum atomic E-state index is -0.267. The molecule has 1 saturated heterocycles. The smallest absolute Gasteiger partial charge is 0.0757 e. The topological polar surface area (TPSA) is 27.0 Å². The fourth-order valence-corrected chi connectivity index (χ4v) is 4.21. The average molecular weight is 268 g/mol. The molecule has 0 radical (unpaired) electrons. The third kappa shape index (κ3) is 2.05. The number of aryl methyl sites for hydroxylation is 2. The lowest BCUT2D eigenvalue weighted by Crippen LogP contribution is -2.29. The molecule has 3 rings (SSSR count). The Morgan fingerprint density at radius 3 is 2.65 bits per heavy atom. The largest absolute Gasteiger partial charge is 0.295 e. The second kappa shape index (κ2) is 4.90. The first-order valence-electron chi connectivity index (χ1n) is 7.80. The van der Waals surface area contributed by atoms with Crippen molar-refractivity contribution in [1.82, 2.24) is 4.90 Å². The average Bonchev–Trinajstić information content (AvgIpc) is 2.69. The summed E-state index contributed by atoms with van der Waals surface area (Å²) in [6, 6.07) is 10.2. The molecule has 1 aliphatic heterocycles. The van der Waals surface area contributed by atoms with Crippen molar-refractivity contribution in [2.24, 2.45) is 5.41 Å². The van der Waals surface area contributed by atoms with Gasteiger partial charge in [-0.15, -0.1) is 0 Å². The highest BCUT2D eigenvalue weighted by Crippen LogP contribution is 2.49. The lowest BCUT2D eigenvalue weighted by Gasteiger charge is -2.30. The van der Waals surface area contributed by atoms with Crippen molar-refractivity contribution < 1.29 is 0 Å². The van der Waals surface area contributed by atoms with Crippen LogP contribution in [0.2, 0.25) is 0 Å². The molecule has 0 N–H and O–H groups in total. The minimum absolute atomic E-state index is 0.231. The lowest BCUT2D eigenvalue weighted by atomic mass is 9.78. The number of nitrogens with zero attached hydrogens (tertiary/aromatic N) is 2. The van der Waals surface area contributed by atoms with Crippen LogP contribution in [0, 0.1) is 16.7 Å². The Hall–Kier alpha value is -1.33. The van der Waals surface area contributed by atoms with Gasteiger partial charge >= 0.3 is 0 Å². The first kappa shape index (κ1) is 13.6. The quantitative estimate of drug-likeness (QED) is 0.773. The van der Waals surface area contributed by atoms with E-state index in [-0.39, 0.29) is 11.5 Å². The van der Waals surface area contributed by atoms with Crippen molar-refractivity contribution in [2.45, 2.75) is 58.0 Å². The van der Waals surface area contributed by atoms with E-state index >= 15 is 0 Å². The number of hydrogen-bond acceptors (Lipinski definition) is 2. The fourth-order valence-electron chi connectivity index (χ4n) is 4.21. The third-order valence-electron chi connectivity index (χ3n) is 5.37. The minimum Gasteiger partial charge on any atom is -0.295 e. The molecule has 3 unspecified atom stereocenters. The highest BCUT2D eigenvalue weighted by molar-refractivity contribution is 5.37. The van der Waals surface area contributed by atoms with Crippen LogP contribution in [0.25, 0.3) is 0 Å². The van der Waals surface area contributed by atoms with Crippen LogP contribution in [0.4, 0.5) is 0 Å². The molecule has 1 heterocycles. The predicted molar refractivity (Wildman–Crippen MR) is 81.4 cm³/mol. The van der Waals surface area contributed by atoms with E-state index in [2.05, 4.69) is 50.1 Å². The Labute approximate surface area is 122 Å². The van der Waals surface area contributed by atoms with Crippen molar-refractivity contribution in [3.8, 4) is 6.07 Å². The summed E-state index contributed by atoms with van der Waals surface area (Å²) in [7, 11) is 2.16. The number of benzene rings is 1. The van der Waals surface area contributed by atoms with Crippen LogP contribution < -0.4 is 0 Å².